The molecule has 1 fully saturated rings. The fourth-order valence-electron chi connectivity index (χ4n) is 3.31. The number of hydrogen-bond donors (Lipinski definition) is 1. The van der Waals surface area contributed by atoms with Gasteiger partial charge in [0.05, 0.1) is 7.11 Å². The van der Waals surface area contributed by atoms with E-state index < -0.39 is 0 Å². The molecule has 3 heteroatoms. The van der Waals surface area contributed by atoms with Gasteiger partial charge in [-0.1, -0.05) is 40.9 Å². The minimum absolute atomic E-state index is 0.503. The Morgan fingerprint density at radius 3 is 2.32 bits per heavy atom. The van der Waals surface area contributed by atoms with Gasteiger partial charge in [-0.25, -0.2) is 0 Å². The van der Waals surface area contributed by atoms with Gasteiger partial charge in [0.25, 0.3) is 0 Å². The van der Waals surface area contributed by atoms with Crippen LogP contribution in [0.25, 0.3) is 0 Å². The van der Waals surface area contributed by atoms with Crippen molar-refractivity contribution in [3.05, 3.63) is 58.6 Å². The molecule has 2 nitrogen and oxygen atoms in total. The molecule has 0 aromatic heterocycles. The summed E-state index contributed by atoms with van der Waals surface area (Å²) in [4.78, 5) is 0. The smallest absolute Gasteiger partial charge is 0.119 e. The zero-order valence-electron chi connectivity index (χ0n) is 12.9. The van der Waals surface area contributed by atoms with Crippen LogP contribution in [0.15, 0.2) is 53.0 Å². The molecule has 0 aliphatic heterocycles. The SMILES string of the molecule is COc1ccc(NC2CCCCC2c2ccc(Br)cc2)cc1. The largest absolute Gasteiger partial charge is 0.497 e. The van der Waals surface area contributed by atoms with Gasteiger partial charge in [-0.05, 0) is 54.8 Å². The predicted molar refractivity (Wildman–Crippen MR) is 95.8 cm³/mol. The molecular weight excluding hydrogens is 338 g/mol. The van der Waals surface area contributed by atoms with Crippen LogP contribution in [0, 0.1) is 0 Å². The van der Waals surface area contributed by atoms with Crippen molar-refractivity contribution in [2.75, 3.05) is 12.4 Å². The van der Waals surface area contributed by atoms with Crippen molar-refractivity contribution in [1.82, 2.24) is 0 Å². The van der Waals surface area contributed by atoms with Crippen molar-refractivity contribution in [1.29, 1.82) is 0 Å². The van der Waals surface area contributed by atoms with Crippen LogP contribution in [-0.2, 0) is 0 Å². The molecule has 2 atom stereocenters. The molecule has 0 radical (unpaired) electrons. The van der Waals surface area contributed by atoms with Crippen molar-refractivity contribution in [2.24, 2.45) is 0 Å². The minimum Gasteiger partial charge on any atom is -0.497 e. The lowest BCUT2D eigenvalue weighted by Gasteiger charge is -2.33. The van der Waals surface area contributed by atoms with Crippen LogP contribution in [0.5, 0.6) is 5.75 Å². The number of methoxy groups -OCH3 is 1. The van der Waals surface area contributed by atoms with Crippen molar-refractivity contribution in [3.63, 3.8) is 0 Å². The molecule has 1 N–H and O–H groups in total. The summed E-state index contributed by atoms with van der Waals surface area (Å²) in [7, 11) is 1.70. The molecule has 2 aromatic rings. The Kier molecular flexibility index (Phi) is 5.04. The third kappa shape index (κ3) is 3.64. The van der Waals surface area contributed by atoms with E-state index in [0.29, 0.717) is 12.0 Å². The second-order valence-electron chi connectivity index (χ2n) is 5.92. The van der Waals surface area contributed by atoms with E-state index in [-0.39, 0.29) is 0 Å². The zero-order chi connectivity index (χ0) is 15.4. The monoisotopic (exact) mass is 359 g/mol. The first-order valence-corrected chi connectivity index (χ1v) is 8.71. The van der Waals surface area contributed by atoms with Gasteiger partial charge >= 0.3 is 0 Å². The third-order valence-electron chi connectivity index (χ3n) is 4.51. The molecule has 0 heterocycles. The van der Waals surface area contributed by atoms with Gasteiger partial charge in [-0.15, -0.1) is 0 Å². The molecule has 1 saturated carbocycles. The van der Waals surface area contributed by atoms with Gasteiger partial charge in [0.1, 0.15) is 5.75 Å². The number of hydrogen-bond acceptors (Lipinski definition) is 2. The van der Waals surface area contributed by atoms with E-state index in [4.69, 9.17) is 4.74 Å². The molecule has 0 bridgehead atoms. The number of anilines is 1. The highest BCUT2D eigenvalue weighted by atomic mass is 79.9. The van der Waals surface area contributed by atoms with Crippen LogP contribution in [0.3, 0.4) is 0 Å². The maximum Gasteiger partial charge on any atom is 0.119 e. The van der Waals surface area contributed by atoms with Gasteiger partial charge in [-0.3, -0.25) is 0 Å². The first kappa shape index (κ1) is 15.4. The fourth-order valence-corrected chi connectivity index (χ4v) is 3.58. The van der Waals surface area contributed by atoms with Crippen LogP contribution in [-0.4, -0.2) is 13.2 Å². The van der Waals surface area contributed by atoms with Gasteiger partial charge < -0.3 is 10.1 Å². The Morgan fingerprint density at radius 1 is 0.955 bits per heavy atom. The summed E-state index contributed by atoms with van der Waals surface area (Å²) in [6, 6.07) is 17.5. The van der Waals surface area contributed by atoms with Gasteiger partial charge in [0, 0.05) is 22.1 Å². The Balaban J connectivity index is 1.75. The second-order valence-corrected chi connectivity index (χ2v) is 6.84. The summed E-state index contributed by atoms with van der Waals surface area (Å²) in [5.41, 5.74) is 2.61. The molecule has 116 valence electrons. The van der Waals surface area contributed by atoms with Gasteiger partial charge in [0.15, 0.2) is 0 Å². The molecule has 22 heavy (non-hydrogen) atoms. The topological polar surface area (TPSA) is 21.3 Å². The molecular formula is C19H22BrNO. The summed E-state index contributed by atoms with van der Waals surface area (Å²) in [5.74, 6) is 1.49. The van der Waals surface area contributed by atoms with Crippen LogP contribution < -0.4 is 10.1 Å². The molecule has 0 spiro atoms. The van der Waals surface area contributed by atoms with Crippen LogP contribution in [0.4, 0.5) is 5.69 Å². The van der Waals surface area contributed by atoms with E-state index in [1.54, 1.807) is 7.11 Å². The Bertz CT molecular complexity index is 594. The molecule has 2 unspecified atom stereocenters. The van der Waals surface area contributed by atoms with Crippen LogP contribution in [0.1, 0.15) is 37.2 Å². The first-order chi connectivity index (χ1) is 10.8. The quantitative estimate of drug-likeness (QED) is 0.767. The van der Waals surface area contributed by atoms with E-state index in [0.717, 1.165) is 10.2 Å². The van der Waals surface area contributed by atoms with Gasteiger partial charge in [-0.2, -0.15) is 0 Å². The van der Waals surface area contributed by atoms with E-state index in [1.165, 1.54) is 36.9 Å². The zero-order valence-corrected chi connectivity index (χ0v) is 14.5. The normalized spacial score (nSPS) is 21.4. The summed E-state index contributed by atoms with van der Waals surface area (Å²) >= 11 is 3.52. The summed E-state index contributed by atoms with van der Waals surface area (Å²) in [6.07, 6.45) is 5.12. The lowest BCUT2D eigenvalue weighted by atomic mass is 9.80. The molecule has 2 aromatic carbocycles. The number of rotatable bonds is 4. The lowest BCUT2D eigenvalue weighted by molar-refractivity contribution is 0.404. The fraction of sp³-hybridized carbons (Fsp3) is 0.368. The highest BCUT2D eigenvalue weighted by Crippen LogP contribution is 2.35. The number of halogens is 1. The van der Waals surface area contributed by atoms with Gasteiger partial charge in [0.2, 0.25) is 0 Å². The average Bonchev–Trinajstić information content (AvgIpc) is 2.57. The highest BCUT2D eigenvalue weighted by Gasteiger charge is 2.26. The molecule has 0 amide bonds. The van der Waals surface area contributed by atoms with Crippen LogP contribution >= 0.6 is 15.9 Å². The third-order valence-corrected chi connectivity index (χ3v) is 5.03. The lowest BCUT2D eigenvalue weighted by Crippen LogP contribution is -2.30. The molecule has 0 saturated heterocycles. The highest BCUT2D eigenvalue weighted by molar-refractivity contribution is 9.10. The van der Waals surface area contributed by atoms with E-state index in [9.17, 15) is 0 Å². The minimum atomic E-state index is 0.503. The Hall–Kier alpha value is -1.48. The summed E-state index contributed by atoms with van der Waals surface area (Å²) in [5, 5.41) is 3.73. The van der Waals surface area contributed by atoms with Crippen molar-refractivity contribution in [2.45, 2.75) is 37.6 Å². The predicted octanol–water partition coefficient (Wildman–Crippen LogP) is 5.60. The Labute approximate surface area is 141 Å². The maximum absolute atomic E-state index is 5.23. The summed E-state index contributed by atoms with van der Waals surface area (Å²) < 4.78 is 6.37. The number of ether oxygens (including phenoxy) is 1. The standard InChI is InChI=1S/C19H22BrNO/c1-22-17-12-10-16(11-13-17)21-19-5-3-2-4-18(19)14-6-8-15(20)9-7-14/h6-13,18-19,21H,2-5H2,1H3. The molecule has 1 aliphatic carbocycles. The second kappa shape index (κ2) is 7.19. The molecule has 3 rings (SSSR count). The number of benzene rings is 2. The van der Waals surface area contributed by atoms with Crippen LogP contribution in [0.2, 0.25) is 0 Å². The van der Waals surface area contributed by atoms with Crippen molar-refractivity contribution < 1.29 is 4.74 Å². The average molecular weight is 360 g/mol. The van der Waals surface area contributed by atoms with Crippen molar-refractivity contribution in [3.8, 4) is 5.75 Å². The first-order valence-electron chi connectivity index (χ1n) is 7.92. The summed E-state index contributed by atoms with van der Waals surface area (Å²) in [6.45, 7) is 0. The van der Waals surface area contributed by atoms with E-state index >= 15 is 0 Å². The molecule has 1 aliphatic rings. The maximum atomic E-state index is 5.23. The van der Waals surface area contributed by atoms with E-state index in [1.807, 2.05) is 12.1 Å². The van der Waals surface area contributed by atoms with E-state index in [2.05, 4.69) is 57.6 Å². The van der Waals surface area contributed by atoms with Crippen molar-refractivity contribution >= 4 is 21.6 Å². The number of nitrogens with one attached hydrogen (secondary N) is 1. The Morgan fingerprint density at radius 2 is 1.64 bits per heavy atom.